The van der Waals surface area contributed by atoms with Crippen molar-refractivity contribution < 1.29 is 13.2 Å². The molecule has 2 saturated heterocycles. The summed E-state index contributed by atoms with van der Waals surface area (Å²) in [6, 6.07) is 15.1. The summed E-state index contributed by atoms with van der Waals surface area (Å²) in [5.74, 6) is 0.486. The predicted octanol–water partition coefficient (Wildman–Crippen LogP) is 3.52. The second-order valence-electron chi connectivity index (χ2n) is 8.57. The van der Waals surface area contributed by atoms with Crippen molar-refractivity contribution in [2.45, 2.75) is 38.3 Å². The fourth-order valence-electron chi connectivity index (χ4n) is 4.48. The zero-order valence-corrected chi connectivity index (χ0v) is 18.9. The lowest BCUT2D eigenvalue weighted by molar-refractivity contribution is -0.123. The van der Waals surface area contributed by atoms with Gasteiger partial charge < -0.3 is 4.90 Å². The fraction of sp³-hybridized carbons (Fsp3) is 0.435. The molecule has 2 heterocycles. The van der Waals surface area contributed by atoms with Crippen LogP contribution in [0.4, 0.5) is 5.69 Å². The summed E-state index contributed by atoms with van der Waals surface area (Å²) >= 11 is 5.96. The van der Waals surface area contributed by atoms with Crippen molar-refractivity contribution in [1.29, 1.82) is 0 Å². The number of halogens is 1. The Morgan fingerprint density at radius 2 is 1.63 bits per heavy atom. The second kappa shape index (κ2) is 8.33. The Kier molecular flexibility index (Phi) is 5.93. The molecular weight excluding hydrogens is 420 g/mol. The van der Waals surface area contributed by atoms with Crippen LogP contribution in [0.1, 0.15) is 30.9 Å². The van der Waals surface area contributed by atoms with Crippen molar-refractivity contribution in [3.05, 3.63) is 64.7 Å². The van der Waals surface area contributed by atoms with Gasteiger partial charge in [0.15, 0.2) is 9.84 Å². The second-order valence-corrected chi connectivity index (χ2v) is 11.2. The topological polar surface area (TPSA) is 57.7 Å². The Labute approximate surface area is 183 Å². The van der Waals surface area contributed by atoms with Crippen molar-refractivity contribution in [2.75, 3.05) is 29.5 Å². The summed E-state index contributed by atoms with van der Waals surface area (Å²) in [5.41, 5.74) is 3.10. The first-order valence-electron chi connectivity index (χ1n) is 10.3. The summed E-state index contributed by atoms with van der Waals surface area (Å²) < 4.78 is 25.0. The molecule has 2 aliphatic heterocycles. The molecule has 5 nitrogen and oxygen atoms in total. The highest BCUT2D eigenvalue weighted by molar-refractivity contribution is 7.91. The fourth-order valence-corrected chi connectivity index (χ4v) is 6.59. The van der Waals surface area contributed by atoms with Crippen molar-refractivity contribution in [2.24, 2.45) is 0 Å². The van der Waals surface area contributed by atoms with Crippen LogP contribution in [-0.2, 0) is 21.1 Å². The molecule has 7 heteroatoms. The third-order valence-corrected chi connectivity index (χ3v) is 8.09. The van der Waals surface area contributed by atoms with Crippen molar-refractivity contribution in [3.63, 3.8) is 0 Å². The van der Waals surface area contributed by atoms with Gasteiger partial charge in [-0.15, -0.1) is 0 Å². The van der Waals surface area contributed by atoms with Crippen LogP contribution in [0.5, 0.6) is 0 Å². The molecule has 0 unspecified atom stereocenters. The van der Waals surface area contributed by atoms with Crippen LogP contribution in [-0.4, -0.2) is 55.9 Å². The summed E-state index contributed by atoms with van der Waals surface area (Å²) in [5, 5.41) is 0.688. The minimum atomic E-state index is -3.19. The van der Waals surface area contributed by atoms with Crippen LogP contribution >= 0.6 is 11.6 Å². The molecule has 160 valence electrons. The normalized spacial score (nSPS) is 23.7. The number of fused-ring (bicyclic) bond motifs is 1. The third-order valence-electron chi connectivity index (χ3n) is 6.14. The van der Waals surface area contributed by atoms with Crippen LogP contribution in [0.3, 0.4) is 0 Å². The smallest absolute Gasteiger partial charge is 0.241 e. The van der Waals surface area contributed by atoms with E-state index in [-0.39, 0.29) is 36.0 Å². The average Bonchev–Trinajstić information content (AvgIpc) is 3.02. The van der Waals surface area contributed by atoms with Crippen molar-refractivity contribution in [1.82, 2.24) is 4.90 Å². The van der Waals surface area contributed by atoms with Crippen LogP contribution in [0.2, 0.25) is 5.02 Å². The monoisotopic (exact) mass is 446 g/mol. The van der Waals surface area contributed by atoms with Gasteiger partial charge in [0, 0.05) is 23.3 Å². The molecule has 2 aliphatic rings. The molecule has 2 atom stereocenters. The van der Waals surface area contributed by atoms with E-state index in [1.54, 1.807) is 4.90 Å². The predicted molar refractivity (Wildman–Crippen MR) is 121 cm³/mol. The molecule has 2 aromatic rings. The van der Waals surface area contributed by atoms with Gasteiger partial charge in [-0.05, 0) is 47.7 Å². The average molecular weight is 447 g/mol. The molecule has 0 N–H and O–H groups in total. The van der Waals surface area contributed by atoms with Gasteiger partial charge in [0.25, 0.3) is 0 Å². The van der Waals surface area contributed by atoms with E-state index in [0.717, 1.165) is 17.7 Å². The number of hydrogen-bond donors (Lipinski definition) is 0. The number of anilines is 1. The number of nitrogens with zero attached hydrogens (tertiary/aromatic N) is 2. The highest BCUT2D eigenvalue weighted by Gasteiger charge is 2.49. The molecule has 4 rings (SSSR count). The molecule has 2 fully saturated rings. The number of amides is 1. The minimum absolute atomic E-state index is 0.0206. The van der Waals surface area contributed by atoms with Crippen LogP contribution in [0.15, 0.2) is 48.5 Å². The molecule has 0 bridgehead atoms. The maximum Gasteiger partial charge on any atom is 0.241 e. The lowest BCUT2D eigenvalue weighted by Gasteiger charge is -2.43. The SMILES string of the molecule is CC(C)c1ccc(N2C(=O)CN(CCc3ccc(Cl)cc3)[C@@H]3CS(=O)(=O)C[C@@H]32)cc1. The number of hydrogen-bond acceptors (Lipinski definition) is 4. The van der Waals surface area contributed by atoms with Gasteiger partial charge in [0.05, 0.1) is 24.1 Å². The van der Waals surface area contributed by atoms with Crippen LogP contribution < -0.4 is 4.90 Å². The van der Waals surface area contributed by atoms with E-state index in [1.807, 2.05) is 53.4 Å². The molecule has 0 spiro atoms. The summed E-state index contributed by atoms with van der Waals surface area (Å²) in [4.78, 5) is 16.9. The maximum atomic E-state index is 13.1. The van der Waals surface area contributed by atoms with Gasteiger partial charge in [0.1, 0.15) is 0 Å². The molecular formula is C23H27ClN2O3S. The lowest BCUT2D eigenvalue weighted by Crippen LogP contribution is -2.62. The van der Waals surface area contributed by atoms with E-state index < -0.39 is 9.84 Å². The standard InChI is InChI=1S/C23H27ClN2O3S/c1-16(2)18-5-9-20(10-6-18)26-22-15-30(28,29)14-21(22)25(13-23(26)27)12-11-17-3-7-19(24)8-4-17/h3-10,16,21-22H,11-15H2,1-2H3/t21-,22+/m1/s1. The first kappa shape index (κ1) is 21.3. The summed E-state index contributed by atoms with van der Waals surface area (Å²) in [6.07, 6.45) is 0.747. The van der Waals surface area contributed by atoms with Crippen molar-refractivity contribution in [3.8, 4) is 0 Å². The minimum Gasteiger partial charge on any atom is -0.306 e. The van der Waals surface area contributed by atoms with Crippen LogP contribution in [0, 0.1) is 0 Å². The van der Waals surface area contributed by atoms with Gasteiger partial charge in [-0.2, -0.15) is 0 Å². The van der Waals surface area contributed by atoms with Gasteiger partial charge in [-0.1, -0.05) is 49.7 Å². The van der Waals surface area contributed by atoms with E-state index in [0.29, 0.717) is 17.5 Å². The van der Waals surface area contributed by atoms with Gasteiger partial charge in [-0.25, -0.2) is 8.42 Å². The highest BCUT2D eigenvalue weighted by atomic mass is 35.5. The Hall–Kier alpha value is -1.89. The molecule has 0 aromatic heterocycles. The number of piperazine rings is 1. The first-order chi connectivity index (χ1) is 14.2. The molecule has 0 radical (unpaired) electrons. The van der Waals surface area contributed by atoms with E-state index in [2.05, 4.69) is 13.8 Å². The van der Waals surface area contributed by atoms with Gasteiger partial charge >= 0.3 is 0 Å². The zero-order chi connectivity index (χ0) is 21.5. The van der Waals surface area contributed by atoms with E-state index in [9.17, 15) is 13.2 Å². The summed E-state index contributed by atoms with van der Waals surface area (Å²) in [7, 11) is -3.19. The zero-order valence-electron chi connectivity index (χ0n) is 17.3. The Bertz CT molecular complexity index is 1020. The van der Waals surface area contributed by atoms with Crippen LogP contribution in [0.25, 0.3) is 0 Å². The molecule has 0 aliphatic carbocycles. The van der Waals surface area contributed by atoms with E-state index in [1.165, 1.54) is 5.56 Å². The van der Waals surface area contributed by atoms with Gasteiger partial charge in [0.2, 0.25) is 5.91 Å². The Morgan fingerprint density at radius 3 is 2.27 bits per heavy atom. The Balaban J connectivity index is 1.56. The molecule has 30 heavy (non-hydrogen) atoms. The number of carbonyl (C=O) groups is 1. The maximum absolute atomic E-state index is 13.1. The van der Waals surface area contributed by atoms with E-state index >= 15 is 0 Å². The third kappa shape index (κ3) is 4.41. The number of benzene rings is 2. The van der Waals surface area contributed by atoms with Gasteiger partial charge in [-0.3, -0.25) is 9.69 Å². The molecule has 1 amide bonds. The van der Waals surface area contributed by atoms with Crippen molar-refractivity contribution >= 4 is 33.0 Å². The Morgan fingerprint density at radius 1 is 1.00 bits per heavy atom. The number of rotatable bonds is 5. The molecule has 2 aromatic carbocycles. The quantitative estimate of drug-likeness (QED) is 0.705. The largest absolute Gasteiger partial charge is 0.306 e. The molecule has 0 saturated carbocycles. The lowest BCUT2D eigenvalue weighted by atomic mass is 10.00. The number of sulfone groups is 1. The summed E-state index contributed by atoms with van der Waals surface area (Å²) in [6.45, 7) is 5.12. The first-order valence-corrected chi connectivity index (χ1v) is 12.5. The highest BCUT2D eigenvalue weighted by Crippen LogP contribution is 2.32. The number of carbonyl (C=O) groups excluding carboxylic acids is 1. The van der Waals surface area contributed by atoms with E-state index in [4.69, 9.17) is 11.6 Å².